The number of thiazole rings is 1. The second kappa shape index (κ2) is 9.36. The molecule has 0 radical (unpaired) electrons. The van der Waals surface area contributed by atoms with Crippen LogP contribution in [0.5, 0.6) is 5.75 Å². The Balaban J connectivity index is 1.75. The molecule has 31 heavy (non-hydrogen) atoms. The average Bonchev–Trinajstić information content (AvgIpc) is 3.07. The molecule has 1 aromatic carbocycles. The molecule has 0 saturated heterocycles. The monoisotopic (exact) mass is 448 g/mol. The Hall–Kier alpha value is -3.11. The van der Waals surface area contributed by atoms with Gasteiger partial charge in [-0.2, -0.15) is 0 Å². The topological polar surface area (TPSA) is 110 Å². The van der Waals surface area contributed by atoms with Gasteiger partial charge in [0.25, 0.3) is 5.91 Å². The zero-order valence-corrected chi connectivity index (χ0v) is 17.8. The third-order valence-electron chi connectivity index (χ3n) is 4.26. The molecule has 0 aliphatic rings. The molecule has 0 atom stereocenters. The van der Waals surface area contributed by atoms with E-state index in [-0.39, 0.29) is 21.3 Å². The quantitative estimate of drug-likeness (QED) is 0.445. The molecule has 4 N–H and O–H groups in total. The largest absolute Gasteiger partial charge is 0.491 e. The Bertz CT molecular complexity index is 1060. The number of carbonyl (C=O) groups is 1. The van der Waals surface area contributed by atoms with Crippen molar-refractivity contribution in [3.8, 4) is 16.3 Å². The highest BCUT2D eigenvalue weighted by Crippen LogP contribution is 2.34. The van der Waals surface area contributed by atoms with Crippen LogP contribution < -0.4 is 15.8 Å². The van der Waals surface area contributed by atoms with Crippen molar-refractivity contribution in [2.75, 3.05) is 17.7 Å². The molecule has 7 nitrogen and oxygen atoms in total. The van der Waals surface area contributed by atoms with Crippen molar-refractivity contribution in [1.82, 2.24) is 9.97 Å². The van der Waals surface area contributed by atoms with E-state index >= 15 is 0 Å². The highest BCUT2D eigenvalue weighted by Gasteiger charge is 2.22. The first-order valence-electron chi connectivity index (χ1n) is 9.47. The number of rotatable bonds is 8. The summed E-state index contributed by atoms with van der Waals surface area (Å²) in [6.45, 7) is 3.75. The molecule has 2 aromatic heterocycles. The van der Waals surface area contributed by atoms with E-state index in [2.05, 4.69) is 15.3 Å². The SMILES string of the molecule is CC(C)(O)CCCOc1ccncc1NC(=O)c1nc(-c2c(F)cccc2F)sc1N. The molecule has 0 unspecified atom stereocenters. The number of ether oxygens (including phenoxy) is 1. The zero-order chi connectivity index (χ0) is 22.6. The molecule has 2 heterocycles. The lowest BCUT2D eigenvalue weighted by Gasteiger charge is -2.17. The normalized spacial score (nSPS) is 11.4. The van der Waals surface area contributed by atoms with Gasteiger partial charge in [0.1, 0.15) is 33.1 Å². The van der Waals surface area contributed by atoms with Crippen LogP contribution in [0.3, 0.4) is 0 Å². The van der Waals surface area contributed by atoms with Crippen molar-refractivity contribution >= 4 is 27.9 Å². The second-order valence-corrected chi connectivity index (χ2v) is 8.45. The first-order chi connectivity index (χ1) is 14.7. The van der Waals surface area contributed by atoms with E-state index in [1.807, 2.05) is 0 Å². The van der Waals surface area contributed by atoms with Gasteiger partial charge in [-0.3, -0.25) is 9.78 Å². The summed E-state index contributed by atoms with van der Waals surface area (Å²) in [6.07, 6.45) is 4.07. The number of carbonyl (C=O) groups excluding carboxylic acids is 1. The Morgan fingerprint density at radius 3 is 2.68 bits per heavy atom. The summed E-state index contributed by atoms with van der Waals surface area (Å²) < 4.78 is 33.8. The molecule has 0 aliphatic carbocycles. The Morgan fingerprint density at radius 2 is 2.00 bits per heavy atom. The number of benzene rings is 1. The van der Waals surface area contributed by atoms with Crippen LogP contribution in [0.15, 0.2) is 36.7 Å². The fourth-order valence-electron chi connectivity index (χ4n) is 2.77. The van der Waals surface area contributed by atoms with Crippen molar-refractivity contribution in [3.05, 3.63) is 54.0 Å². The van der Waals surface area contributed by atoms with Gasteiger partial charge in [0.15, 0.2) is 5.69 Å². The smallest absolute Gasteiger partial charge is 0.277 e. The maximum Gasteiger partial charge on any atom is 0.277 e. The van der Waals surface area contributed by atoms with Crippen LogP contribution in [-0.2, 0) is 0 Å². The van der Waals surface area contributed by atoms with Crippen molar-refractivity contribution in [1.29, 1.82) is 0 Å². The number of anilines is 2. The van der Waals surface area contributed by atoms with E-state index in [1.165, 1.54) is 18.5 Å². The molecule has 1 amide bonds. The molecule has 0 aliphatic heterocycles. The summed E-state index contributed by atoms with van der Waals surface area (Å²) in [4.78, 5) is 20.7. The van der Waals surface area contributed by atoms with Gasteiger partial charge in [-0.1, -0.05) is 17.4 Å². The van der Waals surface area contributed by atoms with Gasteiger partial charge >= 0.3 is 0 Å². The van der Waals surface area contributed by atoms with Crippen molar-refractivity contribution in [2.45, 2.75) is 32.3 Å². The van der Waals surface area contributed by atoms with Crippen LogP contribution in [0.25, 0.3) is 10.6 Å². The summed E-state index contributed by atoms with van der Waals surface area (Å²) in [6, 6.07) is 5.04. The maximum absolute atomic E-state index is 14.0. The molecular weight excluding hydrogens is 426 g/mol. The lowest BCUT2D eigenvalue weighted by Crippen LogP contribution is -2.19. The van der Waals surface area contributed by atoms with E-state index in [9.17, 15) is 18.7 Å². The van der Waals surface area contributed by atoms with E-state index in [4.69, 9.17) is 10.5 Å². The Labute approximate surface area is 181 Å². The van der Waals surface area contributed by atoms with Gasteiger partial charge < -0.3 is 20.9 Å². The molecule has 0 bridgehead atoms. The molecule has 3 aromatic rings. The van der Waals surface area contributed by atoms with Gasteiger partial charge in [-0.05, 0) is 38.8 Å². The predicted molar refractivity (Wildman–Crippen MR) is 115 cm³/mol. The number of hydrogen-bond acceptors (Lipinski definition) is 7. The fourth-order valence-corrected chi connectivity index (χ4v) is 3.65. The van der Waals surface area contributed by atoms with Gasteiger partial charge in [0, 0.05) is 12.3 Å². The summed E-state index contributed by atoms with van der Waals surface area (Å²) in [5.74, 6) is -1.87. The average molecular weight is 448 g/mol. The second-order valence-electron chi connectivity index (χ2n) is 7.42. The molecule has 0 fully saturated rings. The van der Waals surface area contributed by atoms with Crippen LogP contribution in [0, 0.1) is 11.6 Å². The minimum atomic E-state index is -0.797. The number of nitrogens with two attached hydrogens (primary N) is 1. The lowest BCUT2D eigenvalue weighted by molar-refractivity contribution is 0.0641. The van der Waals surface area contributed by atoms with Gasteiger partial charge in [0.2, 0.25) is 0 Å². The van der Waals surface area contributed by atoms with Crippen molar-refractivity contribution in [3.63, 3.8) is 0 Å². The van der Waals surface area contributed by atoms with Crippen LogP contribution in [0.1, 0.15) is 37.2 Å². The van der Waals surface area contributed by atoms with Crippen LogP contribution in [0.2, 0.25) is 0 Å². The van der Waals surface area contributed by atoms with Crippen LogP contribution >= 0.6 is 11.3 Å². The molecule has 3 rings (SSSR count). The summed E-state index contributed by atoms with van der Waals surface area (Å²) in [5.41, 5.74) is 4.90. The van der Waals surface area contributed by atoms with Gasteiger partial charge in [0.05, 0.1) is 24.0 Å². The van der Waals surface area contributed by atoms with Crippen molar-refractivity contribution in [2.24, 2.45) is 0 Å². The number of pyridine rings is 1. The summed E-state index contributed by atoms with van der Waals surface area (Å²) >= 11 is 0.813. The minimum absolute atomic E-state index is 0.0201. The molecule has 0 saturated carbocycles. The Morgan fingerprint density at radius 1 is 1.29 bits per heavy atom. The third kappa shape index (κ3) is 5.74. The number of aliphatic hydroxyl groups is 1. The lowest BCUT2D eigenvalue weighted by atomic mass is 10.0. The zero-order valence-electron chi connectivity index (χ0n) is 17.0. The fraction of sp³-hybridized carbons (Fsp3) is 0.286. The number of amides is 1. The highest BCUT2D eigenvalue weighted by atomic mass is 32.1. The van der Waals surface area contributed by atoms with E-state index < -0.39 is 23.1 Å². The highest BCUT2D eigenvalue weighted by molar-refractivity contribution is 7.19. The van der Waals surface area contributed by atoms with Crippen molar-refractivity contribution < 1.29 is 23.4 Å². The van der Waals surface area contributed by atoms with E-state index in [0.29, 0.717) is 30.9 Å². The van der Waals surface area contributed by atoms with E-state index in [1.54, 1.807) is 19.9 Å². The minimum Gasteiger partial charge on any atom is -0.491 e. The first-order valence-corrected chi connectivity index (χ1v) is 10.3. The Kier molecular flexibility index (Phi) is 6.81. The molecular formula is C21H22F2N4O3S. The standard InChI is InChI=1S/C21H22F2N4O3S/c1-21(2,29)8-4-10-30-15-7-9-25-11-14(15)26-19(28)17-18(24)31-20(27-17)16-12(22)5-3-6-13(16)23/h3,5-7,9,11,29H,4,8,10,24H2,1-2H3,(H,26,28). The predicted octanol–water partition coefficient (Wildman–Crippen LogP) is 4.25. The maximum atomic E-state index is 14.0. The third-order valence-corrected chi connectivity index (χ3v) is 5.17. The number of nitrogens with zero attached hydrogens (tertiary/aromatic N) is 2. The number of nitrogens with one attached hydrogen (secondary N) is 1. The van der Waals surface area contributed by atoms with Gasteiger partial charge in [-0.25, -0.2) is 13.8 Å². The number of nitrogen functional groups attached to an aromatic ring is 1. The summed E-state index contributed by atoms with van der Waals surface area (Å²) in [7, 11) is 0. The van der Waals surface area contributed by atoms with Gasteiger partial charge in [-0.15, -0.1) is 0 Å². The summed E-state index contributed by atoms with van der Waals surface area (Å²) in [5, 5.41) is 12.4. The number of halogens is 2. The van der Waals surface area contributed by atoms with E-state index in [0.717, 1.165) is 23.5 Å². The number of hydrogen-bond donors (Lipinski definition) is 3. The molecule has 0 spiro atoms. The first kappa shape index (κ1) is 22.6. The van der Waals surface area contributed by atoms with Crippen LogP contribution in [0.4, 0.5) is 19.5 Å². The molecule has 164 valence electrons. The molecule has 10 heteroatoms. The van der Waals surface area contributed by atoms with Crippen LogP contribution in [-0.4, -0.2) is 33.2 Å². The number of aromatic nitrogens is 2.